The number of hydrogen-bond donors (Lipinski definition) is 0. The topological polar surface area (TPSA) is 56.0 Å². The quantitative estimate of drug-likeness (QED) is 0.710. The van der Waals surface area contributed by atoms with Gasteiger partial charge in [0.25, 0.3) is 5.91 Å². The molecule has 2 rings (SSSR count). The van der Waals surface area contributed by atoms with E-state index >= 15 is 0 Å². The van der Waals surface area contributed by atoms with Gasteiger partial charge in [-0.05, 0) is 31.9 Å². The molecule has 1 amide bonds. The number of rotatable bonds is 3. The predicted octanol–water partition coefficient (Wildman–Crippen LogP) is 2.97. The van der Waals surface area contributed by atoms with Crippen molar-refractivity contribution < 1.29 is 18.0 Å². The molecule has 0 saturated heterocycles. The lowest BCUT2D eigenvalue weighted by molar-refractivity contribution is -0.142. The van der Waals surface area contributed by atoms with Crippen molar-refractivity contribution in [2.45, 2.75) is 12.7 Å². The largest absolute Gasteiger partial charge is 0.436 e. The second-order valence-electron chi connectivity index (χ2n) is 4.86. The summed E-state index contributed by atoms with van der Waals surface area (Å²) in [6.07, 6.45) is -3.06. The van der Waals surface area contributed by atoms with Crippen LogP contribution in [-0.2, 0) is 26.8 Å². The van der Waals surface area contributed by atoms with Crippen molar-refractivity contribution in [1.82, 2.24) is 24.5 Å². The maximum atomic E-state index is 12.9. The van der Waals surface area contributed by atoms with Crippen molar-refractivity contribution in [3.63, 3.8) is 0 Å². The molecule has 2 aromatic rings. The molecular formula is C12H12Br2F3N5O. The van der Waals surface area contributed by atoms with Gasteiger partial charge < -0.3 is 4.90 Å². The zero-order valence-corrected chi connectivity index (χ0v) is 15.5. The molecule has 126 valence electrons. The van der Waals surface area contributed by atoms with E-state index in [1.807, 2.05) is 0 Å². The van der Waals surface area contributed by atoms with E-state index in [0.29, 0.717) is 4.47 Å². The Morgan fingerprint density at radius 3 is 2.35 bits per heavy atom. The van der Waals surface area contributed by atoms with Crippen LogP contribution in [-0.4, -0.2) is 37.4 Å². The van der Waals surface area contributed by atoms with Gasteiger partial charge in [-0.15, -0.1) is 0 Å². The van der Waals surface area contributed by atoms with Crippen LogP contribution in [0.1, 0.15) is 21.9 Å². The molecule has 0 aliphatic rings. The van der Waals surface area contributed by atoms with E-state index in [1.165, 1.54) is 19.0 Å². The number of carbonyl (C=O) groups is 1. The number of carbonyl (C=O) groups excluding carboxylic acids is 1. The Bertz CT molecular complexity index is 733. The summed E-state index contributed by atoms with van der Waals surface area (Å²) >= 11 is 6.15. The molecule has 0 saturated carbocycles. The molecular weight excluding hydrogens is 447 g/mol. The van der Waals surface area contributed by atoms with E-state index in [1.54, 1.807) is 17.9 Å². The zero-order valence-electron chi connectivity index (χ0n) is 12.3. The number of halogens is 5. The third-order valence-corrected chi connectivity index (χ3v) is 4.62. The Morgan fingerprint density at radius 2 is 1.91 bits per heavy atom. The minimum atomic E-state index is -4.64. The van der Waals surface area contributed by atoms with E-state index < -0.39 is 17.8 Å². The van der Waals surface area contributed by atoms with Crippen LogP contribution < -0.4 is 0 Å². The summed E-state index contributed by atoms with van der Waals surface area (Å²) in [6, 6.07) is 0. The van der Waals surface area contributed by atoms with Crippen LogP contribution >= 0.6 is 31.9 Å². The molecule has 0 aliphatic heterocycles. The molecule has 0 spiro atoms. The molecule has 2 aromatic heterocycles. The highest BCUT2D eigenvalue weighted by molar-refractivity contribution is 9.10. The van der Waals surface area contributed by atoms with Crippen LogP contribution in [0.3, 0.4) is 0 Å². The predicted molar refractivity (Wildman–Crippen MR) is 82.6 cm³/mol. The van der Waals surface area contributed by atoms with E-state index in [2.05, 4.69) is 42.1 Å². The Balaban J connectivity index is 2.32. The lowest BCUT2D eigenvalue weighted by Crippen LogP contribution is -2.29. The van der Waals surface area contributed by atoms with Gasteiger partial charge in [0.1, 0.15) is 5.69 Å². The van der Waals surface area contributed by atoms with Crippen molar-refractivity contribution in [1.29, 1.82) is 0 Å². The summed E-state index contributed by atoms with van der Waals surface area (Å²) in [5, 5.41) is 7.42. The molecule has 0 unspecified atom stereocenters. The molecule has 0 bridgehead atoms. The first-order chi connectivity index (χ1) is 10.5. The average Bonchev–Trinajstić information content (AvgIpc) is 2.91. The Kier molecular flexibility index (Phi) is 4.90. The Labute approximate surface area is 146 Å². The van der Waals surface area contributed by atoms with Gasteiger partial charge in [-0.2, -0.15) is 23.4 Å². The number of aryl methyl sites for hydroxylation is 2. The Morgan fingerprint density at radius 1 is 1.30 bits per heavy atom. The smallest absolute Gasteiger partial charge is 0.334 e. The monoisotopic (exact) mass is 457 g/mol. The molecule has 0 radical (unpaired) electrons. The van der Waals surface area contributed by atoms with E-state index in [0.717, 1.165) is 10.4 Å². The van der Waals surface area contributed by atoms with Gasteiger partial charge in [0.15, 0.2) is 5.69 Å². The third-order valence-electron chi connectivity index (χ3n) is 3.20. The average molecular weight is 459 g/mol. The van der Waals surface area contributed by atoms with Crippen LogP contribution in [0.15, 0.2) is 15.1 Å². The first-order valence-corrected chi connectivity index (χ1v) is 7.84. The second-order valence-corrected chi connectivity index (χ2v) is 6.50. The van der Waals surface area contributed by atoms with Gasteiger partial charge in [0.2, 0.25) is 0 Å². The molecule has 23 heavy (non-hydrogen) atoms. The molecule has 6 nitrogen and oxygen atoms in total. The van der Waals surface area contributed by atoms with Crippen LogP contribution in [0.4, 0.5) is 13.2 Å². The summed E-state index contributed by atoms with van der Waals surface area (Å²) in [7, 11) is 4.50. The van der Waals surface area contributed by atoms with Crippen LogP contribution in [0.2, 0.25) is 0 Å². The maximum Gasteiger partial charge on any atom is 0.436 e. The number of alkyl halides is 3. The molecule has 0 aromatic carbocycles. The molecule has 0 aliphatic carbocycles. The Hall–Kier alpha value is -1.36. The van der Waals surface area contributed by atoms with Crippen LogP contribution in [0.5, 0.6) is 0 Å². The molecule has 2 heterocycles. The van der Waals surface area contributed by atoms with Crippen molar-refractivity contribution in [2.75, 3.05) is 7.05 Å². The fourth-order valence-corrected chi connectivity index (χ4v) is 3.21. The lowest BCUT2D eigenvalue weighted by atomic mass is 10.3. The van der Waals surface area contributed by atoms with Gasteiger partial charge in [-0.3, -0.25) is 14.2 Å². The van der Waals surface area contributed by atoms with E-state index in [9.17, 15) is 18.0 Å². The standard InChI is InChI=1S/C12H12Br2F3N5O/c1-20(5-7-6(13)4-18-21(7)2)11(23)9-8(14)10(12(15,16)17)19-22(9)3/h4H,5H2,1-3H3. The number of hydrogen-bond acceptors (Lipinski definition) is 3. The third kappa shape index (κ3) is 3.44. The van der Waals surface area contributed by atoms with Crippen LogP contribution in [0.25, 0.3) is 0 Å². The van der Waals surface area contributed by atoms with Gasteiger partial charge in [0, 0.05) is 21.1 Å². The molecule has 0 N–H and O–H groups in total. The molecule has 0 atom stereocenters. The van der Waals surface area contributed by atoms with Gasteiger partial charge in [-0.25, -0.2) is 0 Å². The summed E-state index contributed by atoms with van der Waals surface area (Å²) in [5.74, 6) is -0.588. The van der Waals surface area contributed by atoms with Crippen LogP contribution in [0, 0.1) is 0 Å². The fraction of sp³-hybridized carbons (Fsp3) is 0.417. The lowest BCUT2D eigenvalue weighted by Gasteiger charge is -2.18. The summed E-state index contributed by atoms with van der Waals surface area (Å²) < 4.78 is 41.4. The number of nitrogens with zero attached hydrogens (tertiary/aromatic N) is 5. The van der Waals surface area contributed by atoms with Gasteiger partial charge >= 0.3 is 6.18 Å². The normalized spacial score (nSPS) is 11.8. The van der Waals surface area contributed by atoms with Crippen molar-refractivity contribution in [2.24, 2.45) is 14.1 Å². The number of amides is 1. The summed E-state index contributed by atoms with van der Waals surface area (Å²) in [5.41, 5.74) is -0.577. The first kappa shape index (κ1) is 18.0. The van der Waals surface area contributed by atoms with Crippen molar-refractivity contribution in [3.8, 4) is 0 Å². The van der Waals surface area contributed by atoms with E-state index in [-0.39, 0.29) is 16.7 Å². The highest BCUT2D eigenvalue weighted by Gasteiger charge is 2.39. The summed E-state index contributed by atoms with van der Waals surface area (Å²) in [4.78, 5) is 13.8. The number of aromatic nitrogens is 4. The SMILES string of the molecule is CN(Cc1c(Br)cnn1C)C(=O)c1c(Br)c(C(F)(F)F)nn1C. The zero-order chi connectivity index (χ0) is 17.5. The highest BCUT2D eigenvalue weighted by atomic mass is 79.9. The van der Waals surface area contributed by atoms with Crippen molar-refractivity contribution in [3.05, 3.63) is 32.2 Å². The van der Waals surface area contributed by atoms with Gasteiger partial charge in [0.05, 0.1) is 27.4 Å². The molecule has 11 heteroatoms. The van der Waals surface area contributed by atoms with Crippen molar-refractivity contribution >= 4 is 37.8 Å². The summed E-state index contributed by atoms with van der Waals surface area (Å²) in [6.45, 7) is 0.175. The molecule has 0 fully saturated rings. The first-order valence-electron chi connectivity index (χ1n) is 6.25. The second kappa shape index (κ2) is 6.27. The van der Waals surface area contributed by atoms with Gasteiger partial charge in [-0.1, -0.05) is 0 Å². The van der Waals surface area contributed by atoms with E-state index in [4.69, 9.17) is 0 Å². The minimum Gasteiger partial charge on any atom is -0.334 e. The maximum absolute atomic E-state index is 12.9. The minimum absolute atomic E-state index is 0.168. The highest BCUT2D eigenvalue weighted by Crippen LogP contribution is 2.36. The fourth-order valence-electron chi connectivity index (χ4n) is 2.00.